The minimum absolute atomic E-state index is 0.260. The third-order valence-corrected chi connectivity index (χ3v) is 3.99. The van der Waals surface area contributed by atoms with Gasteiger partial charge in [-0.2, -0.15) is 0 Å². The Kier molecular flexibility index (Phi) is 17.9. The van der Waals surface area contributed by atoms with Gasteiger partial charge in [-0.3, -0.25) is 4.79 Å². The summed E-state index contributed by atoms with van der Waals surface area (Å²) in [4.78, 5) is 10.5. The maximum absolute atomic E-state index is 10.5. The van der Waals surface area contributed by atoms with E-state index < -0.39 is 0 Å². The maximum Gasteiger partial charge on any atom is 0.221 e. The lowest BCUT2D eigenvalue weighted by molar-refractivity contribution is -0.112. The first-order valence-corrected chi connectivity index (χ1v) is 9.41. The Morgan fingerprint density at radius 2 is 1.14 bits per heavy atom. The summed E-state index contributed by atoms with van der Waals surface area (Å²) in [6, 6.07) is 0. The van der Waals surface area contributed by atoms with E-state index in [9.17, 15) is 4.79 Å². The second-order valence-corrected chi connectivity index (χ2v) is 6.38. The van der Waals surface area contributed by atoms with Gasteiger partial charge in [-0.05, 0) is 24.4 Å². The highest BCUT2D eigenvalue weighted by atomic mass is 35.5. The maximum atomic E-state index is 10.5. The van der Waals surface area contributed by atoms with Crippen molar-refractivity contribution in [1.82, 2.24) is 0 Å². The third kappa shape index (κ3) is 19.9. The predicted octanol–water partition coefficient (Wildman–Crippen LogP) is 6.25. The molecule has 0 aliphatic carbocycles. The van der Waals surface area contributed by atoms with Crippen molar-refractivity contribution in [2.75, 3.05) is 13.2 Å². The molecular formula is C18H35ClO2. The molecule has 0 amide bonds. The first-order valence-electron chi connectivity index (χ1n) is 9.03. The average Bonchev–Trinajstić information content (AvgIpc) is 2.46. The lowest BCUT2D eigenvalue weighted by Gasteiger charge is -2.04. The van der Waals surface area contributed by atoms with E-state index in [1.165, 1.54) is 70.6 Å². The van der Waals surface area contributed by atoms with Gasteiger partial charge in [0.2, 0.25) is 5.24 Å². The molecule has 0 bridgehead atoms. The van der Waals surface area contributed by atoms with Crippen LogP contribution in [0.2, 0.25) is 0 Å². The first kappa shape index (κ1) is 20.9. The van der Waals surface area contributed by atoms with E-state index in [0.29, 0.717) is 13.0 Å². The summed E-state index contributed by atoms with van der Waals surface area (Å²) in [5, 5.41) is -0.260. The molecule has 0 aromatic rings. The molecular weight excluding hydrogens is 284 g/mol. The van der Waals surface area contributed by atoms with Crippen LogP contribution in [-0.2, 0) is 9.53 Å². The van der Waals surface area contributed by atoms with Crippen molar-refractivity contribution in [3.63, 3.8) is 0 Å². The zero-order valence-corrected chi connectivity index (χ0v) is 14.8. The smallest absolute Gasteiger partial charge is 0.221 e. The molecule has 126 valence electrons. The molecule has 0 saturated heterocycles. The van der Waals surface area contributed by atoms with Crippen molar-refractivity contribution in [2.45, 2.75) is 96.8 Å². The zero-order chi connectivity index (χ0) is 15.6. The van der Waals surface area contributed by atoms with Crippen LogP contribution in [0, 0.1) is 0 Å². The standard InChI is InChI=1S/C18H35ClO2/c1-2-3-4-5-6-7-8-9-10-11-12-13-16-21-17-14-15-18(19)20/h2-17H2,1H3. The topological polar surface area (TPSA) is 26.3 Å². The summed E-state index contributed by atoms with van der Waals surface area (Å²) < 4.78 is 5.47. The molecule has 0 aromatic heterocycles. The highest BCUT2D eigenvalue weighted by Gasteiger charge is 1.96. The molecule has 0 radical (unpaired) electrons. The third-order valence-electron chi connectivity index (χ3n) is 3.80. The van der Waals surface area contributed by atoms with Crippen LogP contribution >= 0.6 is 11.6 Å². The normalized spacial score (nSPS) is 11.0. The molecule has 0 N–H and O–H groups in total. The highest BCUT2D eigenvalue weighted by molar-refractivity contribution is 6.63. The van der Waals surface area contributed by atoms with Crippen molar-refractivity contribution < 1.29 is 9.53 Å². The molecule has 0 saturated carbocycles. The van der Waals surface area contributed by atoms with E-state index in [4.69, 9.17) is 16.3 Å². The van der Waals surface area contributed by atoms with Crippen molar-refractivity contribution in [2.24, 2.45) is 0 Å². The number of halogens is 1. The highest BCUT2D eigenvalue weighted by Crippen LogP contribution is 2.11. The molecule has 21 heavy (non-hydrogen) atoms. The minimum Gasteiger partial charge on any atom is -0.381 e. The molecule has 0 fully saturated rings. The van der Waals surface area contributed by atoms with Gasteiger partial charge in [-0.15, -0.1) is 0 Å². The summed E-state index contributed by atoms with van der Waals surface area (Å²) in [7, 11) is 0. The van der Waals surface area contributed by atoms with Crippen LogP contribution in [0.1, 0.15) is 96.8 Å². The average molecular weight is 319 g/mol. The van der Waals surface area contributed by atoms with Crippen LogP contribution in [0.3, 0.4) is 0 Å². The molecule has 0 atom stereocenters. The van der Waals surface area contributed by atoms with Gasteiger partial charge in [0.05, 0.1) is 0 Å². The zero-order valence-electron chi connectivity index (χ0n) is 14.0. The monoisotopic (exact) mass is 318 g/mol. The van der Waals surface area contributed by atoms with Crippen LogP contribution < -0.4 is 0 Å². The van der Waals surface area contributed by atoms with E-state index in [-0.39, 0.29) is 5.24 Å². The Labute approximate surface area is 137 Å². The fourth-order valence-corrected chi connectivity index (χ4v) is 2.59. The van der Waals surface area contributed by atoms with Gasteiger partial charge in [-0.25, -0.2) is 0 Å². The number of carbonyl (C=O) groups excluding carboxylic acids is 1. The molecule has 0 aliphatic rings. The van der Waals surface area contributed by atoms with Crippen molar-refractivity contribution in [1.29, 1.82) is 0 Å². The summed E-state index contributed by atoms with van der Waals surface area (Å²) in [5.41, 5.74) is 0. The Bertz CT molecular complexity index is 219. The molecule has 0 spiro atoms. The Morgan fingerprint density at radius 3 is 1.62 bits per heavy atom. The number of rotatable bonds is 17. The largest absolute Gasteiger partial charge is 0.381 e. The van der Waals surface area contributed by atoms with Gasteiger partial charge in [-0.1, -0.05) is 77.6 Å². The summed E-state index contributed by atoms with van der Waals surface area (Å²) in [6.07, 6.45) is 17.6. The lowest BCUT2D eigenvalue weighted by Crippen LogP contribution is -1.98. The first-order chi connectivity index (χ1) is 10.3. The van der Waals surface area contributed by atoms with Crippen LogP contribution in [0.25, 0.3) is 0 Å². The lowest BCUT2D eigenvalue weighted by atomic mass is 10.1. The van der Waals surface area contributed by atoms with E-state index in [2.05, 4.69) is 6.92 Å². The van der Waals surface area contributed by atoms with Gasteiger partial charge in [0, 0.05) is 19.6 Å². The van der Waals surface area contributed by atoms with Crippen molar-refractivity contribution in [3.8, 4) is 0 Å². The summed E-state index contributed by atoms with van der Waals surface area (Å²) in [6.45, 7) is 3.76. The molecule has 0 unspecified atom stereocenters. The predicted molar refractivity (Wildman–Crippen MR) is 92.0 cm³/mol. The number of unbranched alkanes of at least 4 members (excludes halogenated alkanes) is 11. The quantitative estimate of drug-likeness (QED) is 0.234. The van der Waals surface area contributed by atoms with Gasteiger partial charge in [0.25, 0.3) is 0 Å². The summed E-state index contributed by atoms with van der Waals surface area (Å²) >= 11 is 5.25. The van der Waals surface area contributed by atoms with Crippen molar-refractivity contribution in [3.05, 3.63) is 0 Å². The number of hydrogen-bond donors (Lipinski definition) is 0. The van der Waals surface area contributed by atoms with Gasteiger partial charge in [0.1, 0.15) is 0 Å². The minimum atomic E-state index is -0.260. The van der Waals surface area contributed by atoms with Crippen LogP contribution in [0.5, 0.6) is 0 Å². The Hall–Kier alpha value is -0.0800. The van der Waals surface area contributed by atoms with Crippen LogP contribution in [-0.4, -0.2) is 18.5 Å². The second-order valence-electron chi connectivity index (χ2n) is 5.96. The fourth-order valence-electron chi connectivity index (χ4n) is 2.46. The molecule has 0 aromatic carbocycles. The SMILES string of the molecule is CCCCCCCCCCCCCCOCCCC(=O)Cl. The van der Waals surface area contributed by atoms with Crippen LogP contribution in [0.4, 0.5) is 0 Å². The molecule has 3 heteroatoms. The molecule has 0 aliphatic heterocycles. The molecule has 0 heterocycles. The van der Waals surface area contributed by atoms with Gasteiger partial charge in [0.15, 0.2) is 0 Å². The second kappa shape index (κ2) is 18.0. The Balaban J connectivity index is 2.95. The van der Waals surface area contributed by atoms with E-state index in [0.717, 1.165) is 19.4 Å². The van der Waals surface area contributed by atoms with E-state index in [1.54, 1.807) is 0 Å². The van der Waals surface area contributed by atoms with Crippen molar-refractivity contribution >= 4 is 16.8 Å². The van der Waals surface area contributed by atoms with E-state index in [1.807, 2.05) is 0 Å². The summed E-state index contributed by atoms with van der Waals surface area (Å²) in [5.74, 6) is 0. The number of carbonyl (C=O) groups is 1. The molecule has 2 nitrogen and oxygen atoms in total. The van der Waals surface area contributed by atoms with Gasteiger partial charge >= 0.3 is 0 Å². The number of hydrogen-bond acceptors (Lipinski definition) is 2. The molecule has 0 rings (SSSR count). The van der Waals surface area contributed by atoms with Gasteiger partial charge < -0.3 is 4.74 Å². The van der Waals surface area contributed by atoms with E-state index >= 15 is 0 Å². The Morgan fingerprint density at radius 1 is 0.714 bits per heavy atom. The van der Waals surface area contributed by atoms with Crippen LogP contribution in [0.15, 0.2) is 0 Å². The number of ether oxygens (including phenoxy) is 1. The fraction of sp³-hybridized carbons (Fsp3) is 0.944.